The number of rotatable bonds is 12. The average Bonchev–Trinajstić information content (AvgIpc) is 2.77. The first-order chi connectivity index (χ1) is 16.3. The van der Waals surface area contributed by atoms with E-state index < -0.39 is 24.0 Å². The highest BCUT2D eigenvalue weighted by atomic mass is 16.5. The number of hydrogen-bond acceptors (Lipinski definition) is 5. The highest BCUT2D eigenvalue weighted by Crippen LogP contribution is 2.34. The molecule has 1 heterocycles. The molecule has 4 N–H and O–H groups in total. The third kappa shape index (κ3) is 8.51. The van der Waals surface area contributed by atoms with Crippen LogP contribution < -0.4 is 15.2 Å². The van der Waals surface area contributed by atoms with E-state index in [1.807, 2.05) is 12.1 Å². The Morgan fingerprint density at radius 2 is 1.83 bits per heavy atom. The Kier molecular flexibility index (Phi) is 10.1. The Bertz CT molecular complexity index is 970. The number of carboxylic acid groups (broad SMARTS) is 1. The van der Waals surface area contributed by atoms with Crippen molar-refractivity contribution < 1.29 is 24.5 Å². The molecule has 35 heavy (non-hydrogen) atoms. The van der Waals surface area contributed by atoms with Crippen LogP contribution in [0.1, 0.15) is 71.2 Å². The highest BCUT2D eigenvalue weighted by Gasteiger charge is 2.26. The van der Waals surface area contributed by atoms with E-state index in [2.05, 4.69) is 46.8 Å². The van der Waals surface area contributed by atoms with Crippen LogP contribution >= 0.6 is 0 Å². The second-order valence-electron chi connectivity index (χ2n) is 11.0. The van der Waals surface area contributed by atoms with Gasteiger partial charge in [-0.25, -0.2) is 0 Å². The van der Waals surface area contributed by atoms with Gasteiger partial charge in [0.1, 0.15) is 5.75 Å². The fraction of sp³-hybridized carbons (Fsp3) is 0.571. The minimum Gasteiger partial charge on any atom is -0.618 e. The molecule has 0 saturated carbocycles. The zero-order valence-corrected chi connectivity index (χ0v) is 21.9. The van der Waals surface area contributed by atoms with Crippen molar-refractivity contribution >= 4 is 5.97 Å². The summed E-state index contributed by atoms with van der Waals surface area (Å²) in [5, 5.41) is 31.6. The van der Waals surface area contributed by atoms with Crippen molar-refractivity contribution in [2.24, 2.45) is 23.5 Å². The molecule has 0 amide bonds. The van der Waals surface area contributed by atoms with E-state index in [-0.39, 0.29) is 24.4 Å². The Morgan fingerprint density at radius 3 is 2.40 bits per heavy atom. The molecule has 0 bridgehead atoms. The van der Waals surface area contributed by atoms with Gasteiger partial charge >= 0.3 is 5.97 Å². The van der Waals surface area contributed by atoms with Crippen LogP contribution in [0.2, 0.25) is 0 Å². The maximum Gasteiger partial charge on any atom is 0.306 e. The Hall–Kier alpha value is -2.64. The van der Waals surface area contributed by atoms with Crippen molar-refractivity contribution in [3.05, 3.63) is 64.6 Å². The van der Waals surface area contributed by atoms with E-state index >= 15 is 0 Å². The SMILES string of the molecule is CC(C[C@H](O)[C@@H](N)C[C@H](Cc1ccc(C(C)(C)C)c(OCc2cccc[n+]2[O-])c1)C(C)C)C(=O)O. The molecule has 2 aromatic rings. The number of hydrogen-bond donors (Lipinski definition) is 3. The summed E-state index contributed by atoms with van der Waals surface area (Å²) >= 11 is 0. The first kappa shape index (κ1) is 28.6. The summed E-state index contributed by atoms with van der Waals surface area (Å²) in [4.78, 5) is 11.1. The largest absolute Gasteiger partial charge is 0.618 e. The van der Waals surface area contributed by atoms with Crippen molar-refractivity contribution in [3.8, 4) is 5.75 Å². The molecular formula is C28H42N2O5. The average molecular weight is 487 g/mol. The summed E-state index contributed by atoms with van der Waals surface area (Å²) in [6.45, 7) is 12.4. The van der Waals surface area contributed by atoms with E-state index in [4.69, 9.17) is 15.6 Å². The molecule has 0 saturated heterocycles. The van der Waals surface area contributed by atoms with E-state index in [1.165, 1.54) is 6.20 Å². The lowest BCUT2D eigenvalue weighted by Crippen LogP contribution is -2.39. The lowest BCUT2D eigenvalue weighted by Gasteiger charge is -2.28. The van der Waals surface area contributed by atoms with Crippen molar-refractivity contribution in [1.82, 2.24) is 0 Å². The molecule has 0 spiro atoms. The van der Waals surface area contributed by atoms with Crippen molar-refractivity contribution in [3.63, 3.8) is 0 Å². The van der Waals surface area contributed by atoms with Gasteiger partial charge in [-0.1, -0.05) is 53.7 Å². The van der Waals surface area contributed by atoms with Crippen LogP contribution in [0, 0.1) is 23.0 Å². The van der Waals surface area contributed by atoms with Gasteiger partial charge < -0.3 is 25.9 Å². The lowest BCUT2D eigenvalue weighted by atomic mass is 9.81. The Balaban J connectivity index is 2.20. The van der Waals surface area contributed by atoms with Gasteiger partial charge in [-0.2, -0.15) is 4.73 Å². The monoisotopic (exact) mass is 486 g/mol. The van der Waals surface area contributed by atoms with Crippen molar-refractivity contribution in [1.29, 1.82) is 0 Å². The van der Waals surface area contributed by atoms with Crippen molar-refractivity contribution in [2.45, 2.75) is 85.0 Å². The lowest BCUT2D eigenvalue weighted by molar-refractivity contribution is -0.616. The molecule has 1 aromatic carbocycles. The standard InChI is InChI=1S/C28H42N2O5/c1-18(2)21(16-24(29)25(31)13-19(3)27(32)33)14-20-10-11-23(28(4,5)6)26(15-20)35-17-22-9-7-8-12-30(22)34/h7-12,15,18-19,21,24-25,31H,13-14,16-17,29H2,1-6H3,(H,32,33)/t19?,21-,24-,25-/m0/s1. The summed E-state index contributed by atoms with van der Waals surface area (Å²) < 4.78 is 6.97. The molecule has 0 aliphatic rings. The number of ether oxygens (including phenoxy) is 1. The van der Waals surface area contributed by atoms with Gasteiger partial charge in [-0.3, -0.25) is 4.79 Å². The second-order valence-corrected chi connectivity index (χ2v) is 11.0. The number of pyridine rings is 1. The normalized spacial score (nSPS) is 15.5. The third-order valence-corrected chi connectivity index (χ3v) is 6.66. The van der Waals surface area contributed by atoms with Gasteiger partial charge in [0, 0.05) is 18.2 Å². The predicted molar refractivity (Wildman–Crippen MR) is 137 cm³/mol. The molecule has 0 fully saturated rings. The Morgan fingerprint density at radius 1 is 1.14 bits per heavy atom. The number of carboxylic acids is 1. The molecule has 194 valence electrons. The minimum atomic E-state index is -0.930. The molecular weight excluding hydrogens is 444 g/mol. The first-order valence-electron chi connectivity index (χ1n) is 12.4. The number of nitrogens with zero attached hydrogens (tertiary/aromatic N) is 1. The minimum absolute atomic E-state index is 0.136. The van der Waals surface area contributed by atoms with Gasteiger partial charge in [0.25, 0.3) is 0 Å². The summed E-state index contributed by atoms with van der Waals surface area (Å²) in [5.41, 5.74) is 8.85. The first-order valence-corrected chi connectivity index (χ1v) is 12.4. The maximum atomic E-state index is 12.0. The van der Waals surface area contributed by atoms with E-state index in [0.717, 1.165) is 28.0 Å². The number of carbonyl (C=O) groups is 1. The quantitative estimate of drug-likeness (QED) is 0.305. The van der Waals surface area contributed by atoms with Crippen molar-refractivity contribution in [2.75, 3.05) is 0 Å². The summed E-state index contributed by atoms with van der Waals surface area (Å²) in [7, 11) is 0. The summed E-state index contributed by atoms with van der Waals surface area (Å²) in [6.07, 6.45) is 2.07. The molecule has 7 nitrogen and oxygen atoms in total. The summed E-state index contributed by atoms with van der Waals surface area (Å²) in [5.74, 6) is -0.302. The van der Waals surface area contributed by atoms with Gasteiger partial charge in [0.05, 0.1) is 12.0 Å². The molecule has 2 rings (SSSR count). The Labute approximate surface area is 209 Å². The van der Waals surface area contributed by atoms with Crippen LogP contribution in [0.5, 0.6) is 5.75 Å². The predicted octanol–water partition coefficient (Wildman–Crippen LogP) is 4.20. The topological polar surface area (TPSA) is 120 Å². The molecule has 1 aromatic heterocycles. The van der Waals surface area contributed by atoms with Crippen LogP contribution in [0.3, 0.4) is 0 Å². The fourth-order valence-electron chi connectivity index (χ4n) is 4.20. The molecule has 1 unspecified atom stereocenters. The molecule has 0 aliphatic heterocycles. The van der Waals surface area contributed by atoms with E-state index in [1.54, 1.807) is 19.1 Å². The van der Waals surface area contributed by atoms with Gasteiger partial charge in [0.15, 0.2) is 12.8 Å². The number of aliphatic hydroxyl groups excluding tert-OH is 1. The number of aliphatic carboxylic acids is 1. The molecule has 0 radical (unpaired) electrons. The smallest absolute Gasteiger partial charge is 0.306 e. The number of aliphatic hydroxyl groups is 1. The van der Waals surface area contributed by atoms with Crippen LogP contribution in [0.15, 0.2) is 42.6 Å². The van der Waals surface area contributed by atoms with Gasteiger partial charge in [0.2, 0.25) is 5.69 Å². The molecule has 0 aliphatic carbocycles. The third-order valence-electron chi connectivity index (χ3n) is 6.66. The van der Waals surface area contributed by atoms with Crippen LogP contribution in [0.4, 0.5) is 0 Å². The highest BCUT2D eigenvalue weighted by molar-refractivity contribution is 5.69. The zero-order chi connectivity index (χ0) is 26.3. The van der Waals surface area contributed by atoms with E-state index in [9.17, 15) is 15.1 Å². The number of benzene rings is 1. The van der Waals surface area contributed by atoms with Crippen LogP contribution in [0.25, 0.3) is 0 Å². The van der Waals surface area contributed by atoms with Crippen LogP contribution in [-0.2, 0) is 23.2 Å². The van der Waals surface area contributed by atoms with Gasteiger partial charge in [-0.15, -0.1) is 0 Å². The van der Waals surface area contributed by atoms with Crippen LogP contribution in [-0.4, -0.2) is 28.3 Å². The van der Waals surface area contributed by atoms with E-state index in [0.29, 0.717) is 18.0 Å². The number of nitrogens with two attached hydrogens (primary N) is 1. The second kappa shape index (κ2) is 12.4. The summed E-state index contributed by atoms with van der Waals surface area (Å²) in [6, 6.07) is 11.0. The molecule has 7 heteroatoms. The molecule has 4 atom stereocenters. The van der Waals surface area contributed by atoms with Gasteiger partial charge in [-0.05, 0) is 59.8 Å². The zero-order valence-electron chi connectivity index (χ0n) is 21.9. The fourth-order valence-corrected chi connectivity index (χ4v) is 4.20. The number of aromatic nitrogens is 1. The maximum absolute atomic E-state index is 12.0.